The van der Waals surface area contributed by atoms with Gasteiger partial charge in [0.05, 0.1) is 0 Å². The van der Waals surface area contributed by atoms with Gasteiger partial charge < -0.3 is 17.2 Å². The Bertz CT molecular complexity index is 165. The molecule has 3 nitrogen and oxygen atoms in total. The average molecular weight is 185 g/mol. The highest BCUT2D eigenvalue weighted by Gasteiger charge is 2.40. The van der Waals surface area contributed by atoms with Gasteiger partial charge in [0.1, 0.15) is 0 Å². The summed E-state index contributed by atoms with van der Waals surface area (Å²) in [5.74, 6) is 0. The van der Waals surface area contributed by atoms with Gasteiger partial charge in [0, 0.05) is 6.04 Å². The van der Waals surface area contributed by atoms with Gasteiger partial charge >= 0.3 is 0 Å². The van der Waals surface area contributed by atoms with E-state index in [-0.39, 0.29) is 16.9 Å². The van der Waals surface area contributed by atoms with Crippen LogP contribution in [0.4, 0.5) is 0 Å². The van der Waals surface area contributed by atoms with Gasteiger partial charge in [0.25, 0.3) is 0 Å². The molecule has 1 rings (SSSR count). The second-order valence-corrected chi connectivity index (χ2v) is 5.37. The highest BCUT2D eigenvalue weighted by Crippen LogP contribution is 2.44. The first-order chi connectivity index (χ1) is 5.93. The molecule has 78 valence electrons. The largest absolute Gasteiger partial charge is 0.330 e. The molecule has 6 N–H and O–H groups in total. The summed E-state index contributed by atoms with van der Waals surface area (Å²) in [5.41, 5.74) is 18.0. The maximum atomic E-state index is 6.03. The predicted octanol–water partition coefficient (Wildman–Crippen LogP) is 0.428. The molecule has 1 aliphatic carbocycles. The van der Waals surface area contributed by atoms with Crippen LogP contribution in [0.25, 0.3) is 0 Å². The third kappa shape index (κ3) is 2.42. The molecule has 0 heterocycles. The first kappa shape index (κ1) is 11.0. The molecular formula is C10H23N3. The average Bonchev–Trinajstić information content (AvgIpc) is 2.02. The first-order valence-electron chi connectivity index (χ1n) is 5.09. The van der Waals surface area contributed by atoms with Gasteiger partial charge in [-0.05, 0) is 43.2 Å². The summed E-state index contributed by atoms with van der Waals surface area (Å²) in [5, 5.41) is 0. The van der Waals surface area contributed by atoms with Crippen molar-refractivity contribution in [3.63, 3.8) is 0 Å². The van der Waals surface area contributed by atoms with Crippen LogP contribution in [0.2, 0.25) is 0 Å². The van der Waals surface area contributed by atoms with E-state index in [0.717, 1.165) is 32.4 Å². The summed E-state index contributed by atoms with van der Waals surface area (Å²) in [6.07, 6.45) is 3.19. The summed E-state index contributed by atoms with van der Waals surface area (Å²) in [6, 6.07) is 0.274. The Morgan fingerprint density at radius 1 is 1.08 bits per heavy atom. The highest BCUT2D eigenvalue weighted by atomic mass is 14.7. The molecule has 1 aliphatic rings. The molecular weight excluding hydrogens is 162 g/mol. The van der Waals surface area contributed by atoms with Gasteiger partial charge in [0.15, 0.2) is 0 Å². The Labute approximate surface area is 81.0 Å². The van der Waals surface area contributed by atoms with Crippen LogP contribution in [0.3, 0.4) is 0 Å². The van der Waals surface area contributed by atoms with E-state index in [1.165, 1.54) is 0 Å². The number of hydrogen-bond donors (Lipinski definition) is 3. The van der Waals surface area contributed by atoms with E-state index in [0.29, 0.717) is 0 Å². The minimum absolute atomic E-state index is 0.200. The Morgan fingerprint density at radius 3 is 1.77 bits per heavy atom. The van der Waals surface area contributed by atoms with Crippen molar-refractivity contribution in [2.45, 2.75) is 39.2 Å². The van der Waals surface area contributed by atoms with Crippen LogP contribution in [0.1, 0.15) is 33.1 Å². The fourth-order valence-corrected chi connectivity index (χ4v) is 2.82. The molecule has 1 saturated carbocycles. The van der Waals surface area contributed by atoms with Crippen molar-refractivity contribution in [3.8, 4) is 0 Å². The molecule has 2 atom stereocenters. The first-order valence-corrected chi connectivity index (χ1v) is 5.09. The molecule has 0 spiro atoms. The Morgan fingerprint density at radius 2 is 1.46 bits per heavy atom. The minimum Gasteiger partial charge on any atom is -0.330 e. The fourth-order valence-electron chi connectivity index (χ4n) is 2.82. The molecule has 1 fully saturated rings. The maximum absolute atomic E-state index is 6.03. The fraction of sp³-hybridized carbons (Fsp3) is 1.00. The van der Waals surface area contributed by atoms with Crippen molar-refractivity contribution in [3.05, 3.63) is 0 Å². The number of nitrogens with two attached hydrogens (primary N) is 3. The van der Waals surface area contributed by atoms with E-state index in [2.05, 4.69) is 13.8 Å². The normalized spacial score (nSPS) is 46.4. The smallest absolute Gasteiger partial charge is 0.00501 e. The van der Waals surface area contributed by atoms with Crippen LogP contribution in [0.15, 0.2) is 0 Å². The molecule has 3 heteroatoms. The summed E-state index contributed by atoms with van der Waals surface area (Å²) in [6.45, 7) is 5.88. The van der Waals surface area contributed by atoms with E-state index in [1.807, 2.05) is 0 Å². The van der Waals surface area contributed by atoms with Crippen LogP contribution < -0.4 is 17.2 Å². The molecule has 0 aromatic heterocycles. The molecule has 0 amide bonds. The topological polar surface area (TPSA) is 78.1 Å². The van der Waals surface area contributed by atoms with Crippen LogP contribution in [-0.2, 0) is 0 Å². The third-order valence-corrected chi connectivity index (χ3v) is 3.35. The van der Waals surface area contributed by atoms with E-state index in [1.54, 1.807) is 0 Å². The summed E-state index contributed by atoms with van der Waals surface area (Å²) in [7, 11) is 0. The van der Waals surface area contributed by atoms with E-state index in [4.69, 9.17) is 17.2 Å². The minimum atomic E-state index is 0.200. The molecule has 13 heavy (non-hydrogen) atoms. The van der Waals surface area contributed by atoms with Crippen molar-refractivity contribution in [2.75, 3.05) is 13.1 Å². The maximum Gasteiger partial charge on any atom is 0.00501 e. The molecule has 0 bridgehead atoms. The molecule has 0 aliphatic heterocycles. The van der Waals surface area contributed by atoms with Crippen LogP contribution in [-0.4, -0.2) is 19.1 Å². The van der Waals surface area contributed by atoms with Gasteiger partial charge in [-0.2, -0.15) is 0 Å². The van der Waals surface area contributed by atoms with Crippen molar-refractivity contribution >= 4 is 0 Å². The standard InChI is InChI=1S/C10H23N3/c1-9(6-11)3-8(13)4-10(2,5-9)7-12/h8H,3-7,11-13H2,1-2H3. The number of hydrogen-bond acceptors (Lipinski definition) is 3. The highest BCUT2D eigenvalue weighted by molar-refractivity contribution is 4.95. The lowest BCUT2D eigenvalue weighted by molar-refractivity contribution is 0.0823. The van der Waals surface area contributed by atoms with Crippen molar-refractivity contribution < 1.29 is 0 Å². The van der Waals surface area contributed by atoms with Gasteiger partial charge in [-0.25, -0.2) is 0 Å². The lowest BCUT2D eigenvalue weighted by Gasteiger charge is -2.46. The van der Waals surface area contributed by atoms with Gasteiger partial charge in [0.2, 0.25) is 0 Å². The van der Waals surface area contributed by atoms with Crippen LogP contribution >= 0.6 is 0 Å². The van der Waals surface area contributed by atoms with E-state index >= 15 is 0 Å². The number of rotatable bonds is 2. The second kappa shape index (κ2) is 3.56. The van der Waals surface area contributed by atoms with Gasteiger partial charge in [-0.3, -0.25) is 0 Å². The molecule has 0 aromatic rings. The molecule has 0 radical (unpaired) electrons. The van der Waals surface area contributed by atoms with Crippen LogP contribution in [0, 0.1) is 10.8 Å². The zero-order chi connectivity index (χ0) is 10.1. The van der Waals surface area contributed by atoms with E-state index in [9.17, 15) is 0 Å². The molecule has 0 aromatic carbocycles. The molecule has 0 saturated heterocycles. The van der Waals surface area contributed by atoms with E-state index < -0.39 is 0 Å². The lowest BCUT2D eigenvalue weighted by Crippen LogP contribution is -2.49. The third-order valence-electron chi connectivity index (χ3n) is 3.35. The monoisotopic (exact) mass is 185 g/mol. The van der Waals surface area contributed by atoms with Crippen molar-refractivity contribution in [1.29, 1.82) is 0 Å². The summed E-state index contributed by atoms with van der Waals surface area (Å²) >= 11 is 0. The van der Waals surface area contributed by atoms with Crippen molar-refractivity contribution in [1.82, 2.24) is 0 Å². The zero-order valence-corrected chi connectivity index (χ0v) is 8.84. The van der Waals surface area contributed by atoms with Gasteiger partial charge in [-0.15, -0.1) is 0 Å². The van der Waals surface area contributed by atoms with Gasteiger partial charge in [-0.1, -0.05) is 13.8 Å². The predicted molar refractivity (Wildman–Crippen MR) is 56.1 cm³/mol. The SMILES string of the molecule is CC1(CN)CC(N)CC(C)(CN)C1. The zero-order valence-electron chi connectivity index (χ0n) is 8.84. The second-order valence-electron chi connectivity index (χ2n) is 5.37. The summed E-state index contributed by atoms with van der Waals surface area (Å²) in [4.78, 5) is 0. The lowest BCUT2D eigenvalue weighted by atomic mass is 9.62. The Balaban J connectivity index is 2.73. The Hall–Kier alpha value is -0.120. The van der Waals surface area contributed by atoms with Crippen molar-refractivity contribution in [2.24, 2.45) is 28.0 Å². The van der Waals surface area contributed by atoms with Crippen LogP contribution in [0.5, 0.6) is 0 Å². The Kier molecular flexibility index (Phi) is 3.00. The summed E-state index contributed by atoms with van der Waals surface area (Å²) < 4.78 is 0. The molecule has 2 unspecified atom stereocenters. The quantitative estimate of drug-likeness (QED) is 0.583.